The summed E-state index contributed by atoms with van der Waals surface area (Å²) in [7, 11) is 0. The predicted octanol–water partition coefficient (Wildman–Crippen LogP) is -6.29. The quantitative estimate of drug-likeness (QED) is 0.192. The van der Waals surface area contributed by atoms with Crippen LogP contribution in [0.15, 0.2) is 0 Å². The van der Waals surface area contributed by atoms with Crippen LogP contribution >= 0.6 is 0 Å². The number of rotatable bonds is 5. The van der Waals surface area contributed by atoms with Crippen LogP contribution in [0.3, 0.4) is 0 Å². The van der Waals surface area contributed by atoms with Crippen LogP contribution in [0, 0.1) is 0 Å². The van der Waals surface area contributed by atoms with Gasteiger partial charge in [0.1, 0.15) is 61.0 Å². The third-order valence-corrected chi connectivity index (χ3v) is 5.35. The normalized spacial score (nSPS) is 52.9. The van der Waals surface area contributed by atoms with Crippen molar-refractivity contribution in [3.8, 4) is 0 Å². The molecule has 0 aromatic heterocycles. The highest BCUT2D eigenvalue weighted by Crippen LogP contribution is 2.28. The minimum atomic E-state index is -1.71. The van der Waals surface area contributed by atoms with Gasteiger partial charge in [-0.2, -0.15) is 0 Å². The second-order valence-electron chi connectivity index (χ2n) is 7.43. The second kappa shape index (κ2) is 9.93. The molecule has 0 aromatic rings. The van der Waals surface area contributed by atoms with E-state index in [-0.39, 0.29) is 13.2 Å². The lowest BCUT2D eigenvalue weighted by Crippen LogP contribution is -2.63. The Morgan fingerprint density at radius 3 is 1.77 bits per heavy atom. The van der Waals surface area contributed by atoms with Gasteiger partial charge in [-0.1, -0.05) is 0 Å². The fourth-order valence-electron chi connectivity index (χ4n) is 3.43. The Hall–Kier alpha value is -0.560. The maximum Gasteiger partial charge on any atom is 0.187 e. The van der Waals surface area contributed by atoms with E-state index >= 15 is 0 Å². The third kappa shape index (κ3) is 4.77. The van der Waals surface area contributed by atoms with Crippen LogP contribution in [-0.2, 0) is 23.7 Å². The highest BCUT2D eigenvalue weighted by Gasteiger charge is 2.49. The molecule has 0 radical (unpaired) electrons. The smallest absolute Gasteiger partial charge is 0.187 e. The summed E-state index contributed by atoms with van der Waals surface area (Å²) in [6.45, 7) is -1.35. The first-order valence-corrected chi connectivity index (χ1v) is 9.40. The molecule has 0 aromatic carbocycles. The molecule has 0 aliphatic carbocycles. The van der Waals surface area contributed by atoms with Crippen LogP contribution in [0.2, 0.25) is 0 Å². The molecule has 0 spiro atoms. The molecule has 0 bridgehead atoms. The topological polar surface area (TPSA) is 228 Å². The number of aliphatic hydroxyl groups is 9. The van der Waals surface area contributed by atoms with Gasteiger partial charge in [-0.15, -0.1) is 0 Å². The zero-order valence-electron chi connectivity index (χ0n) is 15.7. The molecule has 3 heterocycles. The highest BCUT2D eigenvalue weighted by molar-refractivity contribution is 4.92. The second-order valence-corrected chi connectivity index (χ2v) is 7.43. The molecule has 30 heavy (non-hydrogen) atoms. The van der Waals surface area contributed by atoms with E-state index in [0.29, 0.717) is 0 Å². The number of hydrogen-bond acceptors (Lipinski definition) is 14. The first kappa shape index (κ1) is 24.1. The summed E-state index contributed by atoms with van der Waals surface area (Å²) < 4.78 is 26.0. The molecule has 14 nitrogen and oxygen atoms in total. The number of ether oxygens (including phenoxy) is 5. The van der Waals surface area contributed by atoms with Gasteiger partial charge >= 0.3 is 0 Å². The number of hydrogen-bond donors (Lipinski definition) is 9. The highest BCUT2D eigenvalue weighted by atomic mass is 16.7. The van der Waals surface area contributed by atoms with E-state index < -0.39 is 86.5 Å². The minimum Gasteiger partial charge on any atom is -0.394 e. The zero-order valence-corrected chi connectivity index (χ0v) is 15.7. The fraction of sp³-hybridized carbons (Fsp3) is 1.00. The standard InChI is InChI=1S/C16H28O14/c17-1-4-7(18)10(21)13(24)16(28-4)30-6-3-27-15(12(23)9(6)20)29-5-2-26-14(25)11(22)8(5)19/h4-25H,1-3H2/t4-,5-,6-,7-,8+,9+,10+,11-,12-,13-,14?,15+,16+/m1/s1. The van der Waals surface area contributed by atoms with E-state index in [1.165, 1.54) is 0 Å². The van der Waals surface area contributed by atoms with Crippen LogP contribution < -0.4 is 0 Å². The maximum atomic E-state index is 10.3. The molecule has 3 aliphatic heterocycles. The van der Waals surface area contributed by atoms with Crippen molar-refractivity contribution in [3.05, 3.63) is 0 Å². The van der Waals surface area contributed by atoms with Crippen LogP contribution in [0.25, 0.3) is 0 Å². The SMILES string of the molecule is OC[C@H]1O[C@@H](O[C@@H]2CO[C@@H](O[C@@H]3COC(O)[C@H](O)[C@H]3O)[C@H](O)[C@H]2O)[C@H](O)[C@@H](O)[C@@H]1O. The molecule has 13 atom stereocenters. The van der Waals surface area contributed by atoms with E-state index in [1.807, 2.05) is 0 Å². The molecule has 0 saturated carbocycles. The Balaban J connectivity index is 1.57. The largest absolute Gasteiger partial charge is 0.394 e. The van der Waals surface area contributed by atoms with Gasteiger partial charge in [-0.3, -0.25) is 0 Å². The van der Waals surface area contributed by atoms with E-state index in [2.05, 4.69) is 0 Å². The molecule has 14 heteroatoms. The fourth-order valence-corrected chi connectivity index (χ4v) is 3.43. The van der Waals surface area contributed by atoms with Crippen LogP contribution in [0.4, 0.5) is 0 Å². The van der Waals surface area contributed by atoms with Gasteiger partial charge in [0.15, 0.2) is 18.9 Å². The van der Waals surface area contributed by atoms with Gasteiger partial charge in [0.2, 0.25) is 0 Å². The molecular formula is C16H28O14. The first-order chi connectivity index (χ1) is 14.1. The summed E-state index contributed by atoms with van der Waals surface area (Å²) in [5, 5.41) is 88.3. The van der Waals surface area contributed by atoms with Gasteiger partial charge in [0, 0.05) is 0 Å². The van der Waals surface area contributed by atoms with Crippen LogP contribution in [0.5, 0.6) is 0 Å². The first-order valence-electron chi connectivity index (χ1n) is 9.40. The molecule has 176 valence electrons. The van der Waals surface area contributed by atoms with Crippen molar-refractivity contribution in [1.29, 1.82) is 0 Å². The van der Waals surface area contributed by atoms with Crippen molar-refractivity contribution in [2.24, 2.45) is 0 Å². The molecule has 1 unspecified atom stereocenters. The Labute approximate surface area is 170 Å². The van der Waals surface area contributed by atoms with Crippen molar-refractivity contribution < 1.29 is 69.6 Å². The summed E-state index contributed by atoms with van der Waals surface area (Å²) >= 11 is 0. The molecule has 3 rings (SSSR count). The van der Waals surface area contributed by atoms with Crippen molar-refractivity contribution >= 4 is 0 Å². The van der Waals surface area contributed by atoms with Gasteiger partial charge in [0.25, 0.3) is 0 Å². The average molecular weight is 444 g/mol. The third-order valence-electron chi connectivity index (χ3n) is 5.35. The molecule has 3 aliphatic rings. The van der Waals surface area contributed by atoms with E-state index in [1.54, 1.807) is 0 Å². The minimum absolute atomic E-state index is 0.313. The van der Waals surface area contributed by atoms with Gasteiger partial charge in [-0.05, 0) is 0 Å². The summed E-state index contributed by atoms with van der Waals surface area (Å²) in [6, 6.07) is 0. The summed E-state index contributed by atoms with van der Waals surface area (Å²) in [4.78, 5) is 0. The summed E-state index contributed by atoms with van der Waals surface area (Å²) in [5.41, 5.74) is 0. The van der Waals surface area contributed by atoms with Crippen molar-refractivity contribution in [2.75, 3.05) is 19.8 Å². The van der Waals surface area contributed by atoms with E-state index in [9.17, 15) is 46.0 Å². The molecule has 9 N–H and O–H groups in total. The Bertz CT molecular complexity index is 550. The molecule has 3 saturated heterocycles. The lowest BCUT2D eigenvalue weighted by Gasteiger charge is -2.44. The Morgan fingerprint density at radius 2 is 1.13 bits per heavy atom. The average Bonchev–Trinajstić information content (AvgIpc) is 2.73. The Kier molecular flexibility index (Phi) is 7.97. The van der Waals surface area contributed by atoms with Crippen LogP contribution in [-0.4, -0.2) is 146 Å². The van der Waals surface area contributed by atoms with Gasteiger partial charge in [-0.25, -0.2) is 0 Å². The molecular weight excluding hydrogens is 416 g/mol. The van der Waals surface area contributed by atoms with Gasteiger partial charge < -0.3 is 69.6 Å². The van der Waals surface area contributed by atoms with Crippen molar-refractivity contribution in [3.63, 3.8) is 0 Å². The summed E-state index contributed by atoms with van der Waals surface area (Å²) in [6.07, 6.45) is -19.7. The van der Waals surface area contributed by atoms with Crippen LogP contribution in [0.1, 0.15) is 0 Å². The maximum absolute atomic E-state index is 10.3. The molecule has 3 fully saturated rings. The number of aliphatic hydroxyl groups excluding tert-OH is 9. The monoisotopic (exact) mass is 444 g/mol. The predicted molar refractivity (Wildman–Crippen MR) is 89.2 cm³/mol. The van der Waals surface area contributed by atoms with Crippen molar-refractivity contribution in [2.45, 2.75) is 79.9 Å². The van der Waals surface area contributed by atoms with E-state index in [0.717, 1.165) is 0 Å². The zero-order chi connectivity index (χ0) is 22.2. The Morgan fingerprint density at radius 1 is 0.600 bits per heavy atom. The van der Waals surface area contributed by atoms with E-state index in [4.69, 9.17) is 23.7 Å². The summed E-state index contributed by atoms with van der Waals surface area (Å²) in [5.74, 6) is 0. The van der Waals surface area contributed by atoms with Gasteiger partial charge in [0.05, 0.1) is 19.8 Å². The lowest BCUT2D eigenvalue weighted by molar-refractivity contribution is -0.355. The lowest BCUT2D eigenvalue weighted by atomic mass is 9.99. The molecule has 0 amide bonds. The van der Waals surface area contributed by atoms with Crippen molar-refractivity contribution in [1.82, 2.24) is 0 Å².